The smallest absolute Gasteiger partial charge is 0.135 e. The summed E-state index contributed by atoms with van der Waals surface area (Å²) in [4.78, 5) is 0.865. The van der Waals surface area contributed by atoms with Crippen LogP contribution in [0, 0.1) is 20.8 Å². The third kappa shape index (κ3) is 2.28. The Morgan fingerprint density at radius 2 is 1.78 bits per heavy atom. The maximum absolute atomic E-state index is 10.5. The highest BCUT2D eigenvalue weighted by atomic mass is 32.1. The number of methoxy groups -OCH3 is 1. The minimum atomic E-state index is -0.612. The molecule has 0 saturated carbocycles. The van der Waals surface area contributed by atoms with E-state index in [1.807, 2.05) is 18.4 Å². The van der Waals surface area contributed by atoms with Gasteiger partial charge in [0.1, 0.15) is 11.9 Å². The Morgan fingerprint density at radius 1 is 1.11 bits per heavy atom. The van der Waals surface area contributed by atoms with E-state index in [9.17, 15) is 5.11 Å². The van der Waals surface area contributed by atoms with Gasteiger partial charge in [0, 0.05) is 0 Å². The Kier molecular flexibility index (Phi) is 3.73. The van der Waals surface area contributed by atoms with Gasteiger partial charge in [0.05, 0.1) is 12.0 Å². The van der Waals surface area contributed by atoms with Crippen LogP contribution in [0.1, 0.15) is 33.2 Å². The Labute approximate surface area is 112 Å². The molecule has 2 aromatic rings. The van der Waals surface area contributed by atoms with Gasteiger partial charge in [0.2, 0.25) is 0 Å². The molecule has 1 aromatic carbocycles. The van der Waals surface area contributed by atoms with E-state index in [1.54, 1.807) is 7.11 Å². The molecule has 0 spiro atoms. The van der Waals surface area contributed by atoms with Crippen molar-refractivity contribution in [2.45, 2.75) is 26.9 Å². The molecular weight excluding hydrogens is 244 g/mol. The number of aryl methyl sites for hydroxylation is 3. The molecule has 1 heterocycles. The van der Waals surface area contributed by atoms with Crippen molar-refractivity contribution in [3.05, 3.63) is 50.7 Å². The van der Waals surface area contributed by atoms with Crippen LogP contribution >= 0.6 is 11.3 Å². The van der Waals surface area contributed by atoms with E-state index in [2.05, 4.69) is 26.0 Å². The van der Waals surface area contributed by atoms with Crippen molar-refractivity contribution in [1.82, 2.24) is 0 Å². The first kappa shape index (κ1) is 13.1. The van der Waals surface area contributed by atoms with E-state index in [4.69, 9.17) is 4.74 Å². The number of rotatable bonds is 3. The average molecular weight is 262 g/mol. The Bertz CT molecular complexity index is 558. The Morgan fingerprint density at radius 3 is 2.44 bits per heavy atom. The van der Waals surface area contributed by atoms with Crippen LogP contribution in [0.3, 0.4) is 0 Å². The number of hydrogen-bond donors (Lipinski definition) is 1. The minimum absolute atomic E-state index is 0.612. The lowest BCUT2D eigenvalue weighted by Gasteiger charge is -2.16. The third-order valence-electron chi connectivity index (χ3n) is 3.30. The fourth-order valence-electron chi connectivity index (χ4n) is 2.10. The molecular formula is C15H18O2S. The van der Waals surface area contributed by atoms with Crippen LogP contribution in [0.25, 0.3) is 0 Å². The zero-order valence-corrected chi connectivity index (χ0v) is 12.0. The molecule has 0 aliphatic heterocycles. The van der Waals surface area contributed by atoms with Crippen LogP contribution in [-0.4, -0.2) is 12.2 Å². The van der Waals surface area contributed by atoms with Crippen LogP contribution in [-0.2, 0) is 0 Å². The highest BCUT2D eigenvalue weighted by Gasteiger charge is 2.19. The van der Waals surface area contributed by atoms with Crippen LogP contribution in [0.15, 0.2) is 23.6 Å². The zero-order chi connectivity index (χ0) is 13.3. The molecule has 96 valence electrons. The molecule has 1 atom stereocenters. The molecule has 0 aliphatic carbocycles. The first-order valence-corrected chi connectivity index (χ1v) is 6.79. The molecule has 0 bridgehead atoms. The Hall–Kier alpha value is -1.32. The summed E-state index contributed by atoms with van der Waals surface area (Å²) in [5.74, 6) is 0.755. The van der Waals surface area contributed by atoms with E-state index >= 15 is 0 Å². The summed E-state index contributed by atoms with van der Waals surface area (Å²) < 4.78 is 5.27. The molecule has 2 rings (SSSR count). The molecule has 1 aromatic heterocycles. The number of thiophene rings is 1. The fourth-order valence-corrected chi connectivity index (χ4v) is 2.96. The lowest BCUT2D eigenvalue weighted by molar-refractivity contribution is 0.218. The predicted molar refractivity (Wildman–Crippen MR) is 75.6 cm³/mol. The van der Waals surface area contributed by atoms with Gasteiger partial charge in [-0.2, -0.15) is 0 Å². The first-order valence-electron chi connectivity index (χ1n) is 5.91. The maximum atomic E-state index is 10.5. The minimum Gasteiger partial charge on any atom is -0.495 e. The molecule has 2 nitrogen and oxygen atoms in total. The van der Waals surface area contributed by atoms with Crippen LogP contribution in [0.2, 0.25) is 0 Å². The molecule has 18 heavy (non-hydrogen) atoms. The molecule has 1 unspecified atom stereocenters. The lowest BCUT2D eigenvalue weighted by atomic mass is 9.96. The van der Waals surface area contributed by atoms with E-state index in [0.717, 1.165) is 21.8 Å². The summed E-state index contributed by atoms with van der Waals surface area (Å²) in [5, 5.41) is 12.5. The molecule has 0 radical (unpaired) electrons. The van der Waals surface area contributed by atoms with Gasteiger partial charge < -0.3 is 9.84 Å². The molecule has 0 amide bonds. The van der Waals surface area contributed by atoms with E-state index in [1.165, 1.54) is 22.5 Å². The standard InChI is InChI=1S/C15H18O2S/c1-9-7-11(3)12(8-10(9)2)14(16)15-13(17-4)5-6-18-15/h5-8,14,16H,1-4H3. The predicted octanol–water partition coefficient (Wildman–Crippen LogP) is 3.76. The molecule has 0 saturated heterocycles. The monoisotopic (exact) mass is 262 g/mol. The van der Waals surface area contributed by atoms with Crippen molar-refractivity contribution in [2.24, 2.45) is 0 Å². The number of benzene rings is 1. The number of aliphatic hydroxyl groups excluding tert-OH is 1. The summed E-state index contributed by atoms with van der Waals surface area (Å²) in [6, 6.07) is 6.07. The van der Waals surface area contributed by atoms with Gasteiger partial charge in [0.25, 0.3) is 0 Å². The second-order valence-corrected chi connectivity index (χ2v) is 5.50. The van der Waals surface area contributed by atoms with Gasteiger partial charge >= 0.3 is 0 Å². The zero-order valence-electron chi connectivity index (χ0n) is 11.2. The van der Waals surface area contributed by atoms with E-state index in [-0.39, 0.29) is 0 Å². The number of aliphatic hydroxyl groups is 1. The van der Waals surface area contributed by atoms with Gasteiger partial charge in [-0.05, 0) is 54.5 Å². The molecule has 0 fully saturated rings. The van der Waals surface area contributed by atoms with Crippen molar-refractivity contribution in [2.75, 3.05) is 7.11 Å². The van der Waals surface area contributed by atoms with Crippen molar-refractivity contribution in [1.29, 1.82) is 0 Å². The summed E-state index contributed by atoms with van der Waals surface area (Å²) >= 11 is 1.52. The van der Waals surface area contributed by atoms with Gasteiger partial charge in [-0.1, -0.05) is 12.1 Å². The molecule has 3 heteroatoms. The normalized spacial score (nSPS) is 12.5. The van der Waals surface area contributed by atoms with Crippen LogP contribution in [0.5, 0.6) is 5.75 Å². The second kappa shape index (κ2) is 5.12. The summed E-state index contributed by atoms with van der Waals surface area (Å²) in [5.41, 5.74) is 4.52. The van der Waals surface area contributed by atoms with E-state index < -0.39 is 6.10 Å². The average Bonchev–Trinajstić information content (AvgIpc) is 2.81. The summed E-state index contributed by atoms with van der Waals surface area (Å²) in [6.45, 7) is 6.19. The highest BCUT2D eigenvalue weighted by Crippen LogP contribution is 2.36. The summed E-state index contributed by atoms with van der Waals surface area (Å²) in [6.07, 6.45) is -0.612. The first-order chi connectivity index (χ1) is 8.54. The maximum Gasteiger partial charge on any atom is 0.135 e. The molecule has 0 aliphatic rings. The quantitative estimate of drug-likeness (QED) is 0.912. The van der Waals surface area contributed by atoms with Crippen LogP contribution < -0.4 is 4.74 Å². The van der Waals surface area contributed by atoms with Gasteiger partial charge in [-0.25, -0.2) is 0 Å². The summed E-state index contributed by atoms with van der Waals surface area (Å²) in [7, 11) is 1.63. The van der Waals surface area contributed by atoms with Crippen LogP contribution in [0.4, 0.5) is 0 Å². The topological polar surface area (TPSA) is 29.5 Å². The van der Waals surface area contributed by atoms with Gasteiger partial charge in [-0.3, -0.25) is 0 Å². The Balaban J connectivity index is 2.46. The third-order valence-corrected chi connectivity index (χ3v) is 4.25. The van der Waals surface area contributed by atoms with Crippen molar-refractivity contribution >= 4 is 11.3 Å². The second-order valence-electron chi connectivity index (χ2n) is 4.55. The van der Waals surface area contributed by atoms with Crippen molar-refractivity contribution < 1.29 is 9.84 Å². The largest absolute Gasteiger partial charge is 0.495 e. The number of hydrogen-bond acceptors (Lipinski definition) is 3. The van der Waals surface area contributed by atoms with Crippen molar-refractivity contribution in [3.8, 4) is 5.75 Å². The van der Waals surface area contributed by atoms with Gasteiger partial charge in [-0.15, -0.1) is 11.3 Å². The lowest BCUT2D eigenvalue weighted by Crippen LogP contribution is -2.03. The highest BCUT2D eigenvalue weighted by molar-refractivity contribution is 7.10. The number of ether oxygens (including phenoxy) is 1. The van der Waals surface area contributed by atoms with E-state index in [0.29, 0.717) is 0 Å². The van der Waals surface area contributed by atoms with Gasteiger partial charge in [0.15, 0.2) is 0 Å². The molecule has 1 N–H and O–H groups in total. The fraction of sp³-hybridized carbons (Fsp3) is 0.333. The van der Waals surface area contributed by atoms with Crippen molar-refractivity contribution in [3.63, 3.8) is 0 Å². The SMILES string of the molecule is COc1ccsc1C(O)c1cc(C)c(C)cc1C.